The predicted octanol–water partition coefficient (Wildman–Crippen LogP) is 2.59. The van der Waals surface area contributed by atoms with E-state index in [1.165, 1.54) is 17.7 Å². The molecule has 0 aromatic heterocycles. The molecule has 0 aliphatic rings. The number of nitrogens with zero attached hydrogens (tertiary/aromatic N) is 1. The monoisotopic (exact) mass is 178 g/mol. The summed E-state index contributed by atoms with van der Waals surface area (Å²) in [7, 11) is 4.53. The molecule has 0 spiro atoms. The molecular formula is C12H20N+. The van der Waals surface area contributed by atoms with Gasteiger partial charge < -0.3 is 4.48 Å². The summed E-state index contributed by atoms with van der Waals surface area (Å²) in [5, 5.41) is 0. The first-order valence-corrected chi connectivity index (χ1v) is 4.91. The summed E-state index contributed by atoms with van der Waals surface area (Å²) in [5.41, 5.74) is 2.79. The maximum atomic E-state index is 2.27. The van der Waals surface area contributed by atoms with Crippen molar-refractivity contribution >= 4 is 0 Å². The first kappa shape index (κ1) is 10.3. The Hall–Kier alpha value is -0.820. The Balaban J connectivity index is 2.74. The molecule has 0 saturated carbocycles. The predicted molar refractivity (Wildman–Crippen MR) is 57.5 cm³/mol. The highest BCUT2D eigenvalue weighted by atomic mass is 15.3. The summed E-state index contributed by atoms with van der Waals surface area (Å²) in [4.78, 5) is 0. The minimum Gasteiger partial charge on any atom is -0.325 e. The van der Waals surface area contributed by atoms with Crippen molar-refractivity contribution in [2.75, 3.05) is 20.6 Å². The van der Waals surface area contributed by atoms with E-state index in [4.69, 9.17) is 0 Å². The molecule has 1 nitrogen and oxygen atoms in total. The number of quaternary nitrogens is 1. The molecule has 1 aromatic carbocycles. The highest BCUT2D eigenvalue weighted by Crippen LogP contribution is 2.10. The van der Waals surface area contributed by atoms with Crippen molar-refractivity contribution in [3.05, 3.63) is 35.4 Å². The average molecular weight is 178 g/mol. The van der Waals surface area contributed by atoms with Gasteiger partial charge in [0.1, 0.15) is 6.54 Å². The van der Waals surface area contributed by atoms with Gasteiger partial charge in [-0.1, -0.05) is 29.8 Å². The molecule has 0 bridgehead atoms. The fourth-order valence-electron chi connectivity index (χ4n) is 1.42. The lowest BCUT2D eigenvalue weighted by Gasteiger charge is -2.28. The van der Waals surface area contributed by atoms with E-state index in [0.29, 0.717) is 0 Å². The summed E-state index contributed by atoms with van der Waals surface area (Å²) < 4.78 is 1.06. The standard InChI is InChI=1S/C12H20N/c1-5-13(3,4)10-12-8-6-7-11(2)9-12/h6-9H,5,10H2,1-4H3/q+1. The van der Waals surface area contributed by atoms with Crippen molar-refractivity contribution in [2.45, 2.75) is 20.4 Å². The van der Waals surface area contributed by atoms with Gasteiger partial charge in [-0.3, -0.25) is 0 Å². The third kappa shape index (κ3) is 3.19. The molecule has 0 aliphatic heterocycles. The topological polar surface area (TPSA) is 0 Å². The average Bonchev–Trinajstić information content (AvgIpc) is 2.03. The van der Waals surface area contributed by atoms with E-state index in [1.54, 1.807) is 0 Å². The van der Waals surface area contributed by atoms with Crippen LogP contribution < -0.4 is 0 Å². The van der Waals surface area contributed by atoms with Crippen LogP contribution in [0, 0.1) is 6.92 Å². The molecule has 0 unspecified atom stereocenters. The fourth-order valence-corrected chi connectivity index (χ4v) is 1.42. The second-order valence-corrected chi connectivity index (χ2v) is 4.40. The molecule has 13 heavy (non-hydrogen) atoms. The van der Waals surface area contributed by atoms with E-state index in [9.17, 15) is 0 Å². The Morgan fingerprint density at radius 3 is 2.46 bits per heavy atom. The zero-order valence-corrected chi connectivity index (χ0v) is 9.17. The van der Waals surface area contributed by atoms with Gasteiger partial charge in [0.05, 0.1) is 20.6 Å². The van der Waals surface area contributed by atoms with E-state index in [1.807, 2.05) is 0 Å². The molecule has 0 saturated heterocycles. The quantitative estimate of drug-likeness (QED) is 0.624. The van der Waals surface area contributed by atoms with E-state index >= 15 is 0 Å². The molecule has 72 valence electrons. The lowest BCUT2D eigenvalue weighted by atomic mass is 10.1. The lowest BCUT2D eigenvalue weighted by Crippen LogP contribution is -2.38. The van der Waals surface area contributed by atoms with Gasteiger partial charge in [0.2, 0.25) is 0 Å². The van der Waals surface area contributed by atoms with E-state index < -0.39 is 0 Å². The van der Waals surface area contributed by atoms with Crippen LogP contribution in [0.4, 0.5) is 0 Å². The number of benzene rings is 1. The van der Waals surface area contributed by atoms with E-state index in [2.05, 4.69) is 52.2 Å². The van der Waals surface area contributed by atoms with Crippen LogP contribution in [0.25, 0.3) is 0 Å². The third-order valence-corrected chi connectivity index (χ3v) is 2.55. The maximum Gasteiger partial charge on any atom is 0.104 e. The van der Waals surface area contributed by atoms with Crippen LogP contribution in [-0.2, 0) is 6.54 Å². The zero-order chi connectivity index (χ0) is 9.90. The Kier molecular flexibility index (Phi) is 3.10. The van der Waals surface area contributed by atoms with Crippen molar-refractivity contribution < 1.29 is 4.48 Å². The number of hydrogen-bond donors (Lipinski definition) is 0. The van der Waals surface area contributed by atoms with Crippen LogP contribution in [0.3, 0.4) is 0 Å². The van der Waals surface area contributed by atoms with Gasteiger partial charge in [-0.15, -0.1) is 0 Å². The molecule has 0 fully saturated rings. The normalized spacial score (nSPS) is 11.7. The van der Waals surface area contributed by atoms with Gasteiger partial charge in [-0.2, -0.15) is 0 Å². The van der Waals surface area contributed by atoms with Crippen molar-refractivity contribution in [1.82, 2.24) is 0 Å². The van der Waals surface area contributed by atoms with Crippen LogP contribution in [0.5, 0.6) is 0 Å². The zero-order valence-electron chi connectivity index (χ0n) is 9.17. The maximum absolute atomic E-state index is 2.27. The molecule has 0 atom stereocenters. The first-order chi connectivity index (χ1) is 6.03. The molecule has 0 aliphatic carbocycles. The Labute approximate surface area is 81.6 Å². The summed E-state index contributed by atoms with van der Waals surface area (Å²) in [6.45, 7) is 6.68. The summed E-state index contributed by atoms with van der Waals surface area (Å²) in [5.74, 6) is 0. The van der Waals surface area contributed by atoms with Crippen LogP contribution in [-0.4, -0.2) is 25.1 Å². The second-order valence-electron chi connectivity index (χ2n) is 4.40. The molecule has 0 N–H and O–H groups in total. The first-order valence-electron chi connectivity index (χ1n) is 4.91. The lowest BCUT2D eigenvalue weighted by molar-refractivity contribution is -0.901. The highest BCUT2D eigenvalue weighted by Gasteiger charge is 2.12. The minimum absolute atomic E-state index is 1.06. The summed E-state index contributed by atoms with van der Waals surface area (Å²) in [6, 6.07) is 8.77. The van der Waals surface area contributed by atoms with Crippen molar-refractivity contribution in [3.8, 4) is 0 Å². The van der Waals surface area contributed by atoms with Crippen LogP contribution in [0.1, 0.15) is 18.1 Å². The summed E-state index contributed by atoms with van der Waals surface area (Å²) in [6.07, 6.45) is 0. The fraction of sp³-hybridized carbons (Fsp3) is 0.500. The van der Waals surface area contributed by atoms with Crippen LogP contribution >= 0.6 is 0 Å². The molecule has 1 aromatic rings. The van der Waals surface area contributed by atoms with E-state index in [-0.39, 0.29) is 0 Å². The second kappa shape index (κ2) is 3.93. The number of aryl methyl sites for hydroxylation is 1. The van der Waals surface area contributed by atoms with Gasteiger partial charge in [0, 0.05) is 5.56 Å². The number of hydrogen-bond acceptors (Lipinski definition) is 0. The van der Waals surface area contributed by atoms with Gasteiger partial charge in [0.15, 0.2) is 0 Å². The minimum atomic E-state index is 1.06. The molecule has 1 rings (SSSR count). The summed E-state index contributed by atoms with van der Waals surface area (Å²) >= 11 is 0. The molecule has 0 radical (unpaired) electrons. The molecule has 0 heterocycles. The van der Waals surface area contributed by atoms with Crippen LogP contribution in [0.15, 0.2) is 24.3 Å². The Morgan fingerprint density at radius 2 is 1.92 bits per heavy atom. The highest BCUT2D eigenvalue weighted by molar-refractivity contribution is 5.21. The third-order valence-electron chi connectivity index (χ3n) is 2.55. The van der Waals surface area contributed by atoms with Crippen LogP contribution in [0.2, 0.25) is 0 Å². The van der Waals surface area contributed by atoms with Gasteiger partial charge >= 0.3 is 0 Å². The Bertz CT molecular complexity index is 276. The van der Waals surface area contributed by atoms with E-state index in [0.717, 1.165) is 11.0 Å². The van der Waals surface area contributed by atoms with Crippen molar-refractivity contribution in [2.24, 2.45) is 0 Å². The smallest absolute Gasteiger partial charge is 0.104 e. The number of rotatable bonds is 3. The van der Waals surface area contributed by atoms with Crippen molar-refractivity contribution in [3.63, 3.8) is 0 Å². The van der Waals surface area contributed by atoms with Gasteiger partial charge in [0.25, 0.3) is 0 Å². The van der Waals surface area contributed by atoms with Gasteiger partial charge in [-0.25, -0.2) is 0 Å². The van der Waals surface area contributed by atoms with Crippen molar-refractivity contribution in [1.29, 1.82) is 0 Å². The van der Waals surface area contributed by atoms with Gasteiger partial charge in [-0.05, 0) is 13.8 Å². The molecule has 1 heteroatoms. The Morgan fingerprint density at radius 1 is 1.23 bits per heavy atom. The SMILES string of the molecule is CC[N+](C)(C)Cc1cccc(C)c1. The molecular weight excluding hydrogens is 158 g/mol. The largest absolute Gasteiger partial charge is 0.325 e. The molecule has 0 amide bonds.